The van der Waals surface area contributed by atoms with Crippen LogP contribution in [-0.2, 0) is 6.54 Å². The lowest BCUT2D eigenvalue weighted by molar-refractivity contribution is 0.647. The van der Waals surface area contributed by atoms with Gasteiger partial charge in [-0.05, 0) is 13.8 Å². The summed E-state index contributed by atoms with van der Waals surface area (Å²) in [6, 6.07) is 0. The Labute approximate surface area is 85.5 Å². The number of hydrogen-bond acceptors (Lipinski definition) is 3. The van der Waals surface area contributed by atoms with Crippen LogP contribution in [0.2, 0.25) is 0 Å². The number of thiocarbonyl (C=S) groups is 1. The van der Waals surface area contributed by atoms with Gasteiger partial charge in [-0.3, -0.25) is 14.7 Å². The van der Waals surface area contributed by atoms with Crippen molar-refractivity contribution < 1.29 is 0 Å². The first-order valence-corrected chi connectivity index (χ1v) is 4.43. The lowest BCUT2D eigenvalue weighted by atomic mass is 10.2. The molecule has 0 saturated carbocycles. The summed E-state index contributed by atoms with van der Waals surface area (Å²) in [5.41, 5.74) is 5.57. The maximum Gasteiger partial charge on any atom is 0.268 e. The highest BCUT2D eigenvalue weighted by Crippen LogP contribution is 1.90. The highest BCUT2D eigenvalue weighted by Gasteiger charge is 2.06. The van der Waals surface area contributed by atoms with Crippen molar-refractivity contribution in [3.63, 3.8) is 0 Å². The summed E-state index contributed by atoms with van der Waals surface area (Å²) >= 11 is 4.65. The molecule has 0 unspecified atom stereocenters. The van der Waals surface area contributed by atoms with Crippen LogP contribution in [0.1, 0.15) is 11.1 Å². The predicted octanol–water partition coefficient (Wildman–Crippen LogP) is -0.560. The number of hydrogen-bond donors (Lipinski definition) is 2. The second kappa shape index (κ2) is 3.75. The smallest absolute Gasteiger partial charge is 0.268 e. The lowest BCUT2D eigenvalue weighted by Gasteiger charge is -2.06. The number of H-pyrrole nitrogens is 1. The summed E-state index contributed by atoms with van der Waals surface area (Å²) in [5.74, 6) is 0. The monoisotopic (exact) mass is 213 g/mol. The van der Waals surface area contributed by atoms with Crippen molar-refractivity contribution in [1.82, 2.24) is 9.78 Å². The van der Waals surface area contributed by atoms with Crippen LogP contribution in [0, 0.1) is 13.8 Å². The van der Waals surface area contributed by atoms with E-state index in [0.29, 0.717) is 11.1 Å². The number of nitrogens with two attached hydrogens (primary N) is 1. The maximum atomic E-state index is 11.6. The average molecular weight is 213 g/mol. The van der Waals surface area contributed by atoms with E-state index >= 15 is 0 Å². The van der Waals surface area contributed by atoms with E-state index in [9.17, 15) is 9.59 Å². The van der Waals surface area contributed by atoms with Crippen molar-refractivity contribution in [3.05, 3.63) is 31.8 Å². The van der Waals surface area contributed by atoms with Crippen LogP contribution < -0.4 is 16.9 Å². The third-order valence-electron chi connectivity index (χ3n) is 2.02. The van der Waals surface area contributed by atoms with Gasteiger partial charge in [0.25, 0.3) is 11.1 Å². The SMILES string of the molecule is Cc1c(C)c(=O)n(CC(N)=S)[nH]c1=O. The van der Waals surface area contributed by atoms with Crippen molar-refractivity contribution in [2.24, 2.45) is 5.73 Å². The van der Waals surface area contributed by atoms with Gasteiger partial charge >= 0.3 is 0 Å². The summed E-state index contributed by atoms with van der Waals surface area (Å²) in [6.07, 6.45) is 0. The van der Waals surface area contributed by atoms with Gasteiger partial charge in [0.05, 0.1) is 11.5 Å². The zero-order valence-electron chi connectivity index (χ0n) is 7.96. The molecule has 6 heteroatoms. The molecule has 1 heterocycles. The van der Waals surface area contributed by atoms with E-state index in [1.165, 1.54) is 0 Å². The van der Waals surface area contributed by atoms with Gasteiger partial charge in [-0.1, -0.05) is 12.2 Å². The molecule has 0 amide bonds. The molecule has 1 rings (SSSR count). The normalized spacial score (nSPS) is 10.1. The van der Waals surface area contributed by atoms with Crippen molar-refractivity contribution in [2.45, 2.75) is 20.4 Å². The van der Waals surface area contributed by atoms with Crippen molar-refractivity contribution in [2.75, 3.05) is 0 Å². The van der Waals surface area contributed by atoms with Gasteiger partial charge < -0.3 is 5.73 Å². The van der Waals surface area contributed by atoms with Crippen LogP contribution in [0.5, 0.6) is 0 Å². The number of aromatic nitrogens is 2. The van der Waals surface area contributed by atoms with Gasteiger partial charge in [-0.15, -0.1) is 0 Å². The Hall–Kier alpha value is -1.43. The summed E-state index contributed by atoms with van der Waals surface area (Å²) in [7, 11) is 0. The van der Waals surface area contributed by atoms with E-state index in [2.05, 4.69) is 17.3 Å². The molecule has 0 radical (unpaired) electrons. The molecule has 76 valence electrons. The quantitative estimate of drug-likeness (QED) is 0.645. The molecular weight excluding hydrogens is 202 g/mol. The van der Waals surface area contributed by atoms with Gasteiger partial charge in [0.15, 0.2) is 0 Å². The first kappa shape index (κ1) is 10.6. The van der Waals surface area contributed by atoms with E-state index < -0.39 is 0 Å². The van der Waals surface area contributed by atoms with Crippen molar-refractivity contribution in [1.29, 1.82) is 0 Å². The van der Waals surface area contributed by atoms with Gasteiger partial charge in [-0.2, -0.15) is 0 Å². The van der Waals surface area contributed by atoms with Gasteiger partial charge in [-0.25, -0.2) is 4.68 Å². The fraction of sp³-hybridized carbons (Fsp3) is 0.375. The lowest BCUT2D eigenvalue weighted by Crippen LogP contribution is -2.36. The minimum Gasteiger partial charge on any atom is -0.392 e. The first-order valence-electron chi connectivity index (χ1n) is 4.02. The third-order valence-corrected chi connectivity index (χ3v) is 2.15. The molecule has 0 bridgehead atoms. The first-order chi connectivity index (χ1) is 6.43. The zero-order valence-corrected chi connectivity index (χ0v) is 8.77. The Morgan fingerprint density at radius 3 is 2.50 bits per heavy atom. The number of nitrogens with one attached hydrogen (secondary N) is 1. The van der Waals surface area contributed by atoms with E-state index in [4.69, 9.17) is 5.73 Å². The summed E-state index contributed by atoms with van der Waals surface area (Å²) in [5, 5.41) is 2.40. The highest BCUT2D eigenvalue weighted by atomic mass is 32.1. The summed E-state index contributed by atoms with van der Waals surface area (Å²) in [6.45, 7) is 3.26. The summed E-state index contributed by atoms with van der Waals surface area (Å²) in [4.78, 5) is 23.0. The Kier molecular flexibility index (Phi) is 2.85. The maximum absolute atomic E-state index is 11.6. The van der Waals surface area contributed by atoms with E-state index in [-0.39, 0.29) is 22.7 Å². The van der Waals surface area contributed by atoms with E-state index in [1.54, 1.807) is 13.8 Å². The topological polar surface area (TPSA) is 80.9 Å². The Balaban J connectivity index is 3.41. The van der Waals surface area contributed by atoms with Gasteiger partial charge in [0.2, 0.25) is 0 Å². The Morgan fingerprint density at radius 2 is 2.00 bits per heavy atom. The molecular formula is C8H11N3O2S. The number of rotatable bonds is 2. The van der Waals surface area contributed by atoms with Crippen molar-refractivity contribution >= 4 is 17.2 Å². The van der Waals surface area contributed by atoms with Crippen LogP contribution in [0.15, 0.2) is 9.59 Å². The molecule has 14 heavy (non-hydrogen) atoms. The average Bonchev–Trinajstić information content (AvgIpc) is 2.10. The molecule has 1 aromatic heterocycles. The minimum atomic E-state index is -0.293. The van der Waals surface area contributed by atoms with Crippen LogP contribution >= 0.6 is 12.2 Å². The Bertz CT molecular complexity index is 486. The van der Waals surface area contributed by atoms with Crippen LogP contribution in [-0.4, -0.2) is 14.8 Å². The molecule has 3 N–H and O–H groups in total. The van der Waals surface area contributed by atoms with Crippen LogP contribution in [0.3, 0.4) is 0 Å². The van der Waals surface area contributed by atoms with Crippen LogP contribution in [0.4, 0.5) is 0 Å². The molecule has 5 nitrogen and oxygen atoms in total. The van der Waals surface area contributed by atoms with Crippen LogP contribution in [0.25, 0.3) is 0 Å². The molecule has 0 atom stereocenters. The largest absolute Gasteiger partial charge is 0.392 e. The molecule has 0 spiro atoms. The Morgan fingerprint density at radius 1 is 1.43 bits per heavy atom. The van der Waals surface area contributed by atoms with E-state index in [1.807, 2.05) is 0 Å². The number of aromatic amines is 1. The molecule has 0 saturated heterocycles. The zero-order chi connectivity index (χ0) is 10.9. The van der Waals surface area contributed by atoms with Gasteiger partial charge in [0, 0.05) is 11.1 Å². The molecule has 0 aliphatic heterocycles. The fourth-order valence-electron chi connectivity index (χ4n) is 1.06. The van der Waals surface area contributed by atoms with Gasteiger partial charge in [0.1, 0.15) is 0 Å². The fourth-order valence-corrected chi connectivity index (χ4v) is 1.19. The molecule has 1 aromatic rings. The van der Waals surface area contributed by atoms with E-state index in [0.717, 1.165) is 4.68 Å². The standard InChI is InChI=1S/C8H11N3O2S/c1-4-5(2)8(13)11(3-6(9)14)10-7(4)12/h3H2,1-2H3,(H2,9,14)(H,10,12). The minimum absolute atomic E-state index is 0.0600. The summed E-state index contributed by atoms with van der Waals surface area (Å²) < 4.78 is 1.12. The highest BCUT2D eigenvalue weighted by molar-refractivity contribution is 7.80. The molecule has 0 fully saturated rings. The predicted molar refractivity (Wildman–Crippen MR) is 57.6 cm³/mol. The van der Waals surface area contributed by atoms with Crippen molar-refractivity contribution in [3.8, 4) is 0 Å². The molecule has 0 aliphatic carbocycles. The second-order valence-corrected chi connectivity index (χ2v) is 3.57. The second-order valence-electron chi connectivity index (χ2n) is 3.05. The molecule has 0 aliphatic rings. The third kappa shape index (κ3) is 1.90. The number of nitrogens with zero attached hydrogens (tertiary/aromatic N) is 1. The molecule has 0 aromatic carbocycles.